The number of primary amides is 1. The van der Waals surface area contributed by atoms with Gasteiger partial charge in [0.2, 0.25) is 11.9 Å². The smallest absolute Gasteiger partial charge is 0.248 e. The molecule has 17 heavy (non-hydrogen) atoms. The van der Waals surface area contributed by atoms with Crippen molar-refractivity contribution in [2.75, 3.05) is 0 Å². The summed E-state index contributed by atoms with van der Waals surface area (Å²) in [6.07, 6.45) is 1.43. The number of fused-ring (bicyclic) bond motifs is 1. The number of nitrogens with zero attached hydrogens (tertiary/aromatic N) is 2. The first-order valence-corrected chi connectivity index (χ1v) is 5.17. The average molecular weight is 231 g/mol. The van der Waals surface area contributed by atoms with Gasteiger partial charge in [-0.05, 0) is 24.5 Å². The third-order valence-corrected chi connectivity index (χ3v) is 2.65. The summed E-state index contributed by atoms with van der Waals surface area (Å²) in [5.74, 6) is -0.512. The molecule has 88 valence electrons. The van der Waals surface area contributed by atoms with Crippen LogP contribution in [0.2, 0.25) is 0 Å². The van der Waals surface area contributed by atoms with Crippen LogP contribution in [0.25, 0.3) is 0 Å². The van der Waals surface area contributed by atoms with Gasteiger partial charge in [-0.3, -0.25) is 4.79 Å². The fourth-order valence-electron chi connectivity index (χ4n) is 1.96. The Kier molecular flexibility index (Phi) is 2.78. The Labute approximate surface area is 98.2 Å². The van der Waals surface area contributed by atoms with Crippen LogP contribution in [0.1, 0.15) is 27.9 Å². The van der Waals surface area contributed by atoms with Gasteiger partial charge in [0, 0.05) is 11.1 Å². The van der Waals surface area contributed by atoms with Gasteiger partial charge < -0.3 is 17.2 Å². The maximum atomic E-state index is 11.2. The summed E-state index contributed by atoms with van der Waals surface area (Å²) in [5, 5.41) is 7.59. The van der Waals surface area contributed by atoms with Crippen molar-refractivity contribution in [3.8, 4) is 0 Å². The zero-order valence-electron chi connectivity index (χ0n) is 9.18. The summed E-state index contributed by atoms with van der Waals surface area (Å²) in [5.41, 5.74) is 18.9. The Morgan fingerprint density at radius 3 is 2.59 bits per heavy atom. The molecule has 1 aliphatic carbocycles. The fourth-order valence-corrected chi connectivity index (χ4v) is 1.96. The molecule has 0 bridgehead atoms. The molecule has 0 heterocycles. The molecular formula is C11H13N5O. The van der Waals surface area contributed by atoms with Gasteiger partial charge in [-0.25, -0.2) is 0 Å². The van der Waals surface area contributed by atoms with E-state index < -0.39 is 5.91 Å². The molecule has 0 aromatic heterocycles. The highest BCUT2D eigenvalue weighted by Gasteiger charge is 2.22. The van der Waals surface area contributed by atoms with E-state index in [0.29, 0.717) is 12.0 Å². The lowest BCUT2D eigenvalue weighted by molar-refractivity contribution is 0.0999. The SMILES string of the molecule is NC(=O)c1cccc2c1CC/C2=N\N=C(N)N. The molecule has 1 aliphatic rings. The summed E-state index contributed by atoms with van der Waals surface area (Å²) in [4.78, 5) is 11.2. The van der Waals surface area contributed by atoms with Gasteiger partial charge in [-0.1, -0.05) is 12.1 Å². The van der Waals surface area contributed by atoms with Crippen molar-refractivity contribution in [3.05, 3.63) is 34.9 Å². The van der Waals surface area contributed by atoms with Gasteiger partial charge >= 0.3 is 0 Å². The predicted octanol–water partition coefficient (Wildman–Crippen LogP) is -0.291. The highest BCUT2D eigenvalue weighted by Crippen LogP contribution is 2.25. The topological polar surface area (TPSA) is 120 Å². The third-order valence-electron chi connectivity index (χ3n) is 2.65. The number of carbonyl (C=O) groups is 1. The number of carbonyl (C=O) groups excluding carboxylic acids is 1. The van der Waals surface area contributed by atoms with E-state index in [4.69, 9.17) is 17.2 Å². The van der Waals surface area contributed by atoms with Crippen LogP contribution < -0.4 is 17.2 Å². The van der Waals surface area contributed by atoms with Gasteiger partial charge in [0.1, 0.15) is 0 Å². The molecule has 0 saturated carbocycles. The number of rotatable bonds is 2. The van der Waals surface area contributed by atoms with E-state index >= 15 is 0 Å². The molecule has 0 saturated heterocycles. The van der Waals surface area contributed by atoms with Crippen LogP contribution >= 0.6 is 0 Å². The molecule has 6 N–H and O–H groups in total. The largest absolute Gasteiger partial charge is 0.369 e. The third kappa shape index (κ3) is 2.10. The van der Waals surface area contributed by atoms with E-state index in [2.05, 4.69) is 10.2 Å². The first-order chi connectivity index (χ1) is 8.09. The molecule has 1 aromatic carbocycles. The second-order valence-corrected chi connectivity index (χ2v) is 3.77. The minimum atomic E-state index is -0.426. The number of hydrogen-bond acceptors (Lipinski definition) is 3. The first kappa shape index (κ1) is 11.1. The molecule has 6 nitrogen and oxygen atoms in total. The second-order valence-electron chi connectivity index (χ2n) is 3.77. The molecular weight excluding hydrogens is 218 g/mol. The number of hydrogen-bond donors (Lipinski definition) is 3. The van der Waals surface area contributed by atoms with E-state index in [1.165, 1.54) is 0 Å². The minimum absolute atomic E-state index is 0.0861. The highest BCUT2D eigenvalue weighted by atomic mass is 16.1. The van der Waals surface area contributed by atoms with Crippen LogP contribution in [0.15, 0.2) is 28.4 Å². The summed E-state index contributed by atoms with van der Waals surface area (Å²) in [6.45, 7) is 0. The predicted molar refractivity (Wildman–Crippen MR) is 65.6 cm³/mol. The molecule has 0 radical (unpaired) electrons. The maximum Gasteiger partial charge on any atom is 0.248 e. The van der Waals surface area contributed by atoms with Crippen molar-refractivity contribution in [2.45, 2.75) is 12.8 Å². The quantitative estimate of drug-likeness (QED) is 0.368. The van der Waals surface area contributed by atoms with Crippen molar-refractivity contribution in [3.63, 3.8) is 0 Å². The lowest BCUT2D eigenvalue weighted by atomic mass is 10.0. The molecule has 0 fully saturated rings. The molecule has 6 heteroatoms. The number of benzene rings is 1. The number of nitrogens with two attached hydrogens (primary N) is 3. The molecule has 0 spiro atoms. The maximum absolute atomic E-state index is 11.2. The van der Waals surface area contributed by atoms with Crippen LogP contribution in [0.3, 0.4) is 0 Å². The summed E-state index contributed by atoms with van der Waals surface area (Å²) < 4.78 is 0. The van der Waals surface area contributed by atoms with Gasteiger partial charge in [-0.15, -0.1) is 5.10 Å². The standard InChI is InChI=1S/C11H13N5O/c12-10(17)8-3-1-2-7-6(8)4-5-9(7)15-16-11(13)14/h1-3H,4-5H2,(H2,12,17)(H4,13,14,16)/b15-9+. The molecule has 0 aliphatic heterocycles. The summed E-state index contributed by atoms with van der Waals surface area (Å²) in [7, 11) is 0. The Morgan fingerprint density at radius 1 is 1.18 bits per heavy atom. The Bertz CT molecular complexity index is 529. The van der Waals surface area contributed by atoms with Crippen molar-refractivity contribution < 1.29 is 4.79 Å². The number of guanidine groups is 1. The molecule has 1 aromatic rings. The minimum Gasteiger partial charge on any atom is -0.369 e. The van der Waals surface area contributed by atoms with Crippen LogP contribution in [-0.4, -0.2) is 17.6 Å². The zero-order valence-corrected chi connectivity index (χ0v) is 9.18. The summed E-state index contributed by atoms with van der Waals surface area (Å²) in [6, 6.07) is 5.37. The zero-order chi connectivity index (χ0) is 12.4. The summed E-state index contributed by atoms with van der Waals surface area (Å²) >= 11 is 0. The highest BCUT2D eigenvalue weighted by molar-refractivity contribution is 6.08. The van der Waals surface area contributed by atoms with Crippen molar-refractivity contribution in [2.24, 2.45) is 27.4 Å². The molecule has 0 atom stereocenters. The van der Waals surface area contributed by atoms with Crippen LogP contribution in [0.4, 0.5) is 0 Å². The van der Waals surface area contributed by atoms with Crippen LogP contribution in [0.5, 0.6) is 0 Å². The van der Waals surface area contributed by atoms with E-state index in [1.807, 2.05) is 6.07 Å². The van der Waals surface area contributed by atoms with Crippen LogP contribution in [-0.2, 0) is 6.42 Å². The van der Waals surface area contributed by atoms with E-state index in [-0.39, 0.29) is 5.96 Å². The van der Waals surface area contributed by atoms with Gasteiger partial charge in [0.05, 0.1) is 5.71 Å². The van der Waals surface area contributed by atoms with E-state index in [0.717, 1.165) is 23.3 Å². The monoisotopic (exact) mass is 231 g/mol. The normalized spacial score (nSPS) is 15.6. The first-order valence-electron chi connectivity index (χ1n) is 5.17. The Hall–Kier alpha value is -2.37. The average Bonchev–Trinajstić information content (AvgIpc) is 2.68. The van der Waals surface area contributed by atoms with Crippen molar-refractivity contribution in [1.82, 2.24) is 0 Å². The van der Waals surface area contributed by atoms with Gasteiger partial charge in [0.25, 0.3) is 0 Å². The van der Waals surface area contributed by atoms with Gasteiger partial charge in [-0.2, -0.15) is 5.10 Å². The lowest BCUT2D eigenvalue weighted by Crippen LogP contribution is -2.22. The number of amides is 1. The Balaban J connectivity index is 2.47. The molecule has 2 rings (SSSR count). The van der Waals surface area contributed by atoms with Crippen LogP contribution in [0, 0.1) is 0 Å². The fraction of sp³-hybridized carbons (Fsp3) is 0.182. The van der Waals surface area contributed by atoms with E-state index in [9.17, 15) is 4.79 Å². The van der Waals surface area contributed by atoms with Crippen molar-refractivity contribution in [1.29, 1.82) is 0 Å². The Morgan fingerprint density at radius 2 is 1.94 bits per heavy atom. The molecule has 1 amide bonds. The lowest BCUT2D eigenvalue weighted by Gasteiger charge is -2.03. The van der Waals surface area contributed by atoms with Crippen molar-refractivity contribution >= 4 is 17.6 Å². The van der Waals surface area contributed by atoms with E-state index in [1.54, 1.807) is 12.1 Å². The second kappa shape index (κ2) is 4.25. The van der Waals surface area contributed by atoms with Gasteiger partial charge in [0.15, 0.2) is 0 Å². The molecule has 0 unspecified atom stereocenters.